The summed E-state index contributed by atoms with van der Waals surface area (Å²) >= 11 is 0. The van der Waals surface area contributed by atoms with Gasteiger partial charge in [-0.3, -0.25) is 4.79 Å². The molecule has 14 heavy (non-hydrogen) atoms. The van der Waals surface area contributed by atoms with Crippen molar-refractivity contribution in [1.29, 1.82) is 0 Å². The second kappa shape index (κ2) is 3.56. The van der Waals surface area contributed by atoms with Crippen molar-refractivity contribution in [2.24, 2.45) is 23.7 Å². The average molecular weight is 197 g/mol. The summed E-state index contributed by atoms with van der Waals surface area (Å²) in [7, 11) is 0. The molecule has 2 nitrogen and oxygen atoms in total. The third kappa shape index (κ3) is 1.45. The van der Waals surface area contributed by atoms with Crippen LogP contribution in [0, 0.1) is 23.7 Å². The summed E-state index contributed by atoms with van der Waals surface area (Å²) in [4.78, 5) is 11.5. The molecule has 2 heteroatoms. The molecule has 0 spiro atoms. The fourth-order valence-electron chi connectivity index (χ4n) is 3.33. The van der Waals surface area contributed by atoms with Crippen molar-refractivity contribution in [3.8, 4) is 0 Å². The Morgan fingerprint density at radius 2 is 2.14 bits per heavy atom. The van der Waals surface area contributed by atoms with E-state index in [2.05, 4.69) is 13.8 Å². The molecule has 2 aliphatic carbocycles. The molecule has 0 aromatic heterocycles. The van der Waals surface area contributed by atoms with Crippen LogP contribution >= 0.6 is 0 Å². The zero-order valence-electron chi connectivity index (χ0n) is 10.4. The van der Waals surface area contributed by atoms with E-state index in [0.717, 1.165) is 18.3 Å². The van der Waals surface area contributed by atoms with Gasteiger partial charge in [0.25, 0.3) is 0 Å². The van der Waals surface area contributed by atoms with Gasteiger partial charge in [-0.1, -0.05) is 20.8 Å². The lowest BCUT2D eigenvalue weighted by Crippen LogP contribution is -2.42. The predicted molar refractivity (Wildman–Crippen MR) is 56.8 cm³/mol. The summed E-state index contributed by atoms with van der Waals surface area (Å²) < 4.78 is 7.87. The highest BCUT2D eigenvalue weighted by Crippen LogP contribution is 2.51. The maximum absolute atomic E-state index is 11.5. The summed E-state index contributed by atoms with van der Waals surface area (Å²) in [5.41, 5.74) is 0. The number of fused-ring (bicyclic) bond motifs is 2. The molecular formula is C12H21NO. The Bertz CT molecular complexity index is 266. The van der Waals surface area contributed by atoms with Gasteiger partial charge in [0.1, 0.15) is 0 Å². The van der Waals surface area contributed by atoms with E-state index in [0.29, 0.717) is 18.3 Å². The van der Waals surface area contributed by atoms with Gasteiger partial charge in [-0.2, -0.15) is 0 Å². The minimum Gasteiger partial charge on any atom is -0.353 e. The molecular weight excluding hydrogens is 174 g/mol. The maximum Gasteiger partial charge on any atom is 0.219 e. The first-order valence-electron chi connectivity index (χ1n) is 6.31. The lowest BCUT2D eigenvalue weighted by molar-refractivity contribution is -0.122. The summed E-state index contributed by atoms with van der Waals surface area (Å²) in [6, 6.07) is 0.202. The van der Waals surface area contributed by atoms with Crippen LogP contribution in [0.15, 0.2) is 0 Å². The SMILES string of the molecule is [3H]N(C(=O)CC)[C@@H]1CC2CC1[C@H](C)[C@@H]2C. The molecule has 2 saturated carbocycles. The van der Waals surface area contributed by atoms with Crippen molar-refractivity contribution in [3.63, 3.8) is 0 Å². The molecule has 2 bridgehead atoms. The summed E-state index contributed by atoms with van der Waals surface area (Å²) in [6.45, 7) is 6.44. The van der Waals surface area contributed by atoms with Crippen LogP contribution < -0.4 is 5.31 Å². The summed E-state index contributed by atoms with van der Waals surface area (Å²) in [5, 5.41) is 1.27. The fourth-order valence-corrected chi connectivity index (χ4v) is 3.33. The highest BCUT2D eigenvalue weighted by molar-refractivity contribution is 5.75. The average Bonchev–Trinajstić information content (AvgIpc) is 2.78. The number of amides is 1. The molecule has 0 aliphatic heterocycles. The zero-order chi connectivity index (χ0) is 11.2. The Kier molecular flexibility index (Phi) is 2.22. The van der Waals surface area contributed by atoms with Crippen molar-refractivity contribution in [3.05, 3.63) is 0 Å². The highest BCUT2D eigenvalue weighted by atomic mass is 16.1. The summed E-state index contributed by atoms with van der Waals surface area (Å²) in [5.74, 6) is 2.79. The number of carbonyl (C=O) groups is 1. The van der Waals surface area contributed by atoms with Crippen LogP contribution in [-0.4, -0.2) is 11.9 Å². The molecule has 80 valence electrons. The van der Waals surface area contributed by atoms with E-state index in [9.17, 15) is 4.79 Å². The Labute approximate surface area is 87.9 Å². The molecule has 2 rings (SSSR count). The predicted octanol–water partition coefficient (Wildman–Crippen LogP) is 2.19. The third-order valence-corrected chi connectivity index (χ3v) is 4.47. The van der Waals surface area contributed by atoms with E-state index in [4.69, 9.17) is 1.41 Å². The van der Waals surface area contributed by atoms with Crippen molar-refractivity contribution in [2.45, 2.75) is 46.1 Å². The number of nitrogens with one attached hydrogen (secondary N) is 1. The molecule has 5 atom stereocenters. The second-order valence-corrected chi connectivity index (χ2v) is 5.06. The molecule has 2 unspecified atom stereocenters. The van der Waals surface area contributed by atoms with Gasteiger partial charge < -0.3 is 5.31 Å². The van der Waals surface area contributed by atoms with E-state index in [1.54, 1.807) is 0 Å². The molecule has 1 amide bonds. The topological polar surface area (TPSA) is 29.1 Å². The van der Waals surface area contributed by atoms with E-state index in [1.807, 2.05) is 6.92 Å². The zero-order valence-corrected chi connectivity index (χ0v) is 9.36. The normalized spacial score (nSPS) is 46.5. The Morgan fingerprint density at radius 3 is 2.64 bits per heavy atom. The van der Waals surface area contributed by atoms with Gasteiger partial charge in [0.05, 0.1) is 0 Å². The quantitative estimate of drug-likeness (QED) is 0.722. The van der Waals surface area contributed by atoms with Crippen molar-refractivity contribution < 1.29 is 6.21 Å². The van der Waals surface area contributed by atoms with Crippen molar-refractivity contribution in [1.82, 2.24) is 5.31 Å². The van der Waals surface area contributed by atoms with Crippen LogP contribution in [0.3, 0.4) is 0 Å². The minimum atomic E-state index is -0.0209. The van der Waals surface area contributed by atoms with Crippen LogP contribution in [-0.2, 0) is 4.79 Å². The van der Waals surface area contributed by atoms with Crippen LogP contribution in [0.4, 0.5) is 0 Å². The highest BCUT2D eigenvalue weighted by Gasteiger charge is 2.48. The third-order valence-electron chi connectivity index (χ3n) is 4.47. The smallest absolute Gasteiger partial charge is 0.219 e. The van der Waals surface area contributed by atoms with Crippen molar-refractivity contribution in [2.75, 3.05) is 0 Å². The maximum atomic E-state index is 11.5. The van der Waals surface area contributed by atoms with E-state index < -0.39 is 0 Å². The van der Waals surface area contributed by atoms with Gasteiger partial charge in [-0.05, 0) is 36.5 Å². The molecule has 0 heterocycles. The lowest BCUT2D eigenvalue weighted by atomic mass is 9.79. The fraction of sp³-hybridized carbons (Fsp3) is 0.917. The van der Waals surface area contributed by atoms with Crippen molar-refractivity contribution >= 4 is 5.91 Å². The van der Waals surface area contributed by atoms with E-state index in [1.165, 1.54) is 11.7 Å². The molecule has 2 fully saturated rings. The first-order valence-corrected chi connectivity index (χ1v) is 5.87. The Hall–Kier alpha value is -0.530. The van der Waals surface area contributed by atoms with Gasteiger partial charge in [0.15, 0.2) is 1.41 Å². The minimum absolute atomic E-state index is 0.0209. The molecule has 0 aromatic rings. The lowest BCUT2D eigenvalue weighted by Gasteiger charge is -2.32. The van der Waals surface area contributed by atoms with Gasteiger partial charge >= 0.3 is 0 Å². The summed E-state index contributed by atoms with van der Waals surface area (Å²) in [6.07, 6.45) is 2.76. The second-order valence-electron chi connectivity index (χ2n) is 5.06. The molecule has 2 aliphatic rings. The van der Waals surface area contributed by atoms with Gasteiger partial charge in [-0.25, -0.2) is 0 Å². The molecule has 1 N–H and O–H groups in total. The van der Waals surface area contributed by atoms with Gasteiger partial charge in [-0.15, -0.1) is 0 Å². The first-order chi connectivity index (χ1) is 7.06. The van der Waals surface area contributed by atoms with Gasteiger partial charge in [0, 0.05) is 12.5 Å². The first kappa shape index (κ1) is 8.75. The number of hydrogen-bond acceptors (Lipinski definition) is 1. The van der Waals surface area contributed by atoms with Crippen LogP contribution in [0.25, 0.3) is 0 Å². The Morgan fingerprint density at radius 1 is 1.43 bits per heavy atom. The molecule has 0 radical (unpaired) electrons. The number of rotatable bonds is 2. The largest absolute Gasteiger partial charge is 0.353 e. The van der Waals surface area contributed by atoms with E-state index in [-0.39, 0.29) is 11.9 Å². The monoisotopic (exact) mass is 197 g/mol. The van der Waals surface area contributed by atoms with Crippen LogP contribution in [0.1, 0.15) is 40.0 Å². The van der Waals surface area contributed by atoms with Gasteiger partial charge in [0.2, 0.25) is 5.91 Å². The number of hydrogen-bond donors (Lipinski definition) is 1. The Balaban J connectivity index is 2.06. The van der Waals surface area contributed by atoms with E-state index >= 15 is 0 Å². The molecule has 0 saturated heterocycles. The van der Waals surface area contributed by atoms with Crippen LogP contribution in [0.2, 0.25) is 1.41 Å². The standard InChI is InChI=1S/C12H21NO/c1-4-12(14)13-11-6-9-5-10(11)8(3)7(9)2/h7-11H,4-6H2,1-3H3,(H,13,14)/t7-,8+,9?,10?,11+/m0/s1/i/hT. The number of carbonyl (C=O) groups excluding carboxylic acids is 1. The van der Waals surface area contributed by atoms with Crippen LogP contribution in [0.5, 0.6) is 0 Å². The molecule has 0 aromatic carbocycles.